The number of likely N-dealkylation sites (N-methyl/N-ethyl adjacent to an activating group) is 3. The molecule has 1 aliphatic rings. The Morgan fingerprint density at radius 2 is 2.12 bits per heavy atom. The molecule has 2 unspecified atom stereocenters. The molecule has 0 aliphatic carbocycles. The van der Waals surface area contributed by atoms with E-state index >= 15 is 0 Å². The minimum Gasteiger partial charge on any atom is -0.315 e. The van der Waals surface area contributed by atoms with Crippen molar-refractivity contribution >= 4 is 0 Å². The maximum absolute atomic E-state index is 4.13. The van der Waals surface area contributed by atoms with Gasteiger partial charge in [0, 0.05) is 31.7 Å². The summed E-state index contributed by atoms with van der Waals surface area (Å²) in [5.74, 6) is 0. The Morgan fingerprint density at radius 1 is 1.44 bits per heavy atom. The standard InChI is InChI=1S/C13H27N3/c1-6-11(2)9-12(14-3)13-10-15(4)7-8-16(13)5/h12-14H,2,6-10H2,1,3-5H3. The van der Waals surface area contributed by atoms with Crippen LogP contribution in [0.15, 0.2) is 12.2 Å². The van der Waals surface area contributed by atoms with Gasteiger partial charge in [-0.15, -0.1) is 0 Å². The average Bonchev–Trinajstić information content (AvgIpc) is 2.29. The maximum atomic E-state index is 4.13. The van der Waals surface area contributed by atoms with Gasteiger partial charge in [-0.1, -0.05) is 19.1 Å². The van der Waals surface area contributed by atoms with Crippen LogP contribution in [0.25, 0.3) is 0 Å². The van der Waals surface area contributed by atoms with Gasteiger partial charge < -0.3 is 10.2 Å². The molecule has 1 fully saturated rings. The van der Waals surface area contributed by atoms with Gasteiger partial charge in [0.1, 0.15) is 0 Å². The van der Waals surface area contributed by atoms with E-state index < -0.39 is 0 Å². The van der Waals surface area contributed by atoms with Crippen LogP contribution in [0.3, 0.4) is 0 Å². The van der Waals surface area contributed by atoms with E-state index in [-0.39, 0.29) is 0 Å². The molecular formula is C13H27N3. The molecule has 94 valence electrons. The molecule has 0 bridgehead atoms. The van der Waals surface area contributed by atoms with Crippen molar-refractivity contribution in [2.45, 2.75) is 31.8 Å². The fraction of sp³-hybridized carbons (Fsp3) is 0.846. The first-order valence-electron chi connectivity index (χ1n) is 6.31. The third-order valence-electron chi connectivity index (χ3n) is 3.74. The molecule has 0 amide bonds. The molecule has 0 saturated carbocycles. The van der Waals surface area contributed by atoms with Crippen LogP contribution in [0.5, 0.6) is 0 Å². The Kier molecular flexibility index (Phi) is 5.46. The van der Waals surface area contributed by atoms with E-state index in [0.29, 0.717) is 12.1 Å². The molecule has 2 atom stereocenters. The van der Waals surface area contributed by atoms with Crippen molar-refractivity contribution in [3.8, 4) is 0 Å². The monoisotopic (exact) mass is 225 g/mol. The zero-order chi connectivity index (χ0) is 12.1. The molecule has 0 aromatic rings. The summed E-state index contributed by atoms with van der Waals surface area (Å²) < 4.78 is 0. The summed E-state index contributed by atoms with van der Waals surface area (Å²) >= 11 is 0. The summed E-state index contributed by atoms with van der Waals surface area (Å²) in [6.45, 7) is 9.81. The molecule has 1 saturated heterocycles. The Hall–Kier alpha value is -0.380. The average molecular weight is 225 g/mol. The normalized spacial score (nSPS) is 25.6. The Labute approximate surface area is 100 Å². The molecule has 16 heavy (non-hydrogen) atoms. The summed E-state index contributed by atoms with van der Waals surface area (Å²) in [7, 11) is 6.51. The topological polar surface area (TPSA) is 18.5 Å². The highest BCUT2D eigenvalue weighted by molar-refractivity contribution is 5.01. The lowest BCUT2D eigenvalue weighted by atomic mass is 9.96. The zero-order valence-corrected chi connectivity index (χ0v) is 11.3. The molecule has 3 nitrogen and oxygen atoms in total. The minimum absolute atomic E-state index is 0.528. The Balaban J connectivity index is 2.59. The first-order valence-corrected chi connectivity index (χ1v) is 6.31. The molecular weight excluding hydrogens is 198 g/mol. The van der Waals surface area contributed by atoms with Gasteiger partial charge in [0.25, 0.3) is 0 Å². The van der Waals surface area contributed by atoms with E-state index in [1.807, 2.05) is 0 Å². The first-order chi connectivity index (χ1) is 7.58. The number of piperazine rings is 1. The largest absolute Gasteiger partial charge is 0.315 e. The van der Waals surface area contributed by atoms with Crippen molar-refractivity contribution in [3.63, 3.8) is 0 Å². The fourth-order valence-corrected chi connectivity index (χ4v) is 2.36. The van der Waals surface area contributed by atoms with Gasteiger partial charge in [-0.25, -0.2) is 0 Å². The van der Waals surface area contributed by atoms with Crippen molar-refractivity contribution in [1.82, 2.24) is 15.1 Å². The molecule has 3 heteroatoms. The smallest absolute Gasteiger partial charge is 0.0376 e. The number of hydrogen-bond acceptors (Lipinski definition) is 3. The van der Waals surface area contributed by atoms with Crippen molar-refractivity contribution in [2.75, 3.05) is 40.8 Å². The van der Waals surface area contributed by atoms with E-state index in [2.05, 4.69) is 49.8 Å². The second kappa shape index (κ2) is 6.38. The van der Waals surface area contributed by atoms with Crippen LogP contribution in [0.4, 0.5) is 0 Å². The van der Waals surface area contributed by atoms with Crippen LogP contribution >= 0.6 is 0 Å². The second-order valence-electron chi connectivity index (χ2n) is 5.01. The summed E-state index contributed by atoms with van der Waals surface area (Å²) in [5, 5.41) is 3.46. The highest BCUT2D eigenvalue weighted by Gasteiger charge is 2.28. The molecule has 1 heterocycles. The van der Waals surface area contributed by atoms with E-state index in [1.165, 1.54) is 12.1 Å². The summed E-state index contributed by atoms with van der Waals surface area (Å²) in [6.07, 6.45) is 2.18. The number of nitrogens with zero attached hydrogens (tertiary/aromatic N) is 2. The third-order valence-corrected chi connectivity index (χ3v) is 3.74. The highest BCUT2D eigenvalue weighted by Crippen LogP contribution is 2.16. The van der Waals surface area contributed by atoms with Crippen LogP contribution in [-0.2, 0) is 0 Å². The molecule has 1 rings (SSSR count). The number of rotatable bonds is 5. The summed E-state index contributed by atoms with van der Waals surface area (Å²) in [4.78, 5) is 4.90. The third kappa shape index (κ3) is 3.58. The van der Waals surface area contributed by atoms with Crippen LogP contribution in [0.1, 0.15) is 19.8 Å². The zero-order valence-electron chi connectivity index (χ0n) is 11.3. The number of nitrogens with one attached hydrogen (secondary N) is 1. The van der Waals surface area contributed by atoms with Gasteiger partial charge in [0.05, 0.1) is 0 Å². The summed E-state index contributed by atoms with van der Waals surface area (Å²) in [5.41, 5.74) is 1.35. The molecule has 0 aromatic heterocycles. The van der Waals surface area contributed by atoms with Gasteiger partial charge in [-0.05, 0) is 34.0 Å². The fourth-order valence-electron chi connectivity index (χ4n) is 2.36. The molecule has 1 aliphatic heterocycles. The second-order valence-corrected chi connectivity index (χ2v) is 5.01. The molecule has 1 N–H and O–H groups in total. The van der Waals surface area contributed by atoms with E-state index in [4.69, 9.17) is 0 Å². The van der Waals surface area contributed by atoms with E-state index in [0.717, 1.165) is 25.9 Å². The summed E-state index contributed by atoms with van der Waals surface area (Å²) in [6, 6.07) is 1.13. The minimum atomic E-state index is 0.528. The van der Waals surface area contributed by atoms with Gasteiger partial charge in [0.15, 0.2) is 0 Å². The predicted molar refractivity (Wildman–Crippen MR) is 70.8 cm³/mol. The van der Waals surface area contributed by atoms with Crippen molar-refractivity contribution in [1.29, 1.82) is 0 Å². The van der Waals surface area contributed by atoms with Crippen LogP contribution in [0, 0.1) is 0 Å². The Bertz CT molecular complexity index is 227. The van der Waals surface area contributed by atoms with Crippen LogP contribution < -0.4 is 5.32 Å². The number of hydrogen-bond donors (Lipinski definition) is 1. The van der Waals surface area contributed by atoms with Gasteiger partial charge >= 0.3 is 0 Å². The van der Waals surface area contributed by atoms with Crippen LogP contribution in [0.2, 0.25) is 0 Å². The lowest BCUT2D eigenvalue weighted by molar-refractivity contribution is 0.0896. The maximum Gasteiger partial charge on any atom is 0.0376 e. The predicted octanol–water partition coefficient (Wildman–Crippen LogP) is 1.18. The Morgan fingerprint density at radius 3 is 2.69 bits per heavy atom. The van der Waals surface area contributed by atoms with Crippen molar-refractivity contribution in [3.05, 3.63) is 12.2 Å². The lowest BCUT2D eigenvalue weighted by Crippen LogP contribution is -2.58. The van der Waals surface area contributed by atoms with Crippen molar-refractivity contribution in [2.24, 2.45) is 0 Å². The van der Waals surface area contributed by atoms with Gasteiger partial charge in [-0.2, -0.15) is 0 Å². The first kappa shape index (κ1) is 13.7. The lowest BCUT2D eigenvalue weighted by Gasteiger charge is -2.42. The quantitative estimate of drug-likeness (QED) is 0.709. The molecule has 0 spiro atoms. The molecule has 0 aromatic carbocycles. The van der Waals surface area contributed by atoms with Crippen molar-refractivity contribution < 1.29 is 0 Å². The van der Waals surface area contributed by atoms with Gasteiger partial charge in [-0.3, -0.25) is 4.90 Å². The molecule has 0 radical (unpaired) electrons. The van der Waals surface area contributed by atoms with Crippen LogP contribution in [-0.4, -0.2) is 62.7 Å². The SMILES string of the molecule is C=C(CC)CC(NC)C1CN(C)CCN1C. The van der Waals surface area contributed by atoms with Gasteiger partial charge in [0.2, 0.25) is 0 Å². The highest BCUT2D eigenvalue weighted by atomic mass is 15.3. The van der Waals surface area contributed by atoms with E-state index in [1.54, 1.807) is 0 Å². The van der Waals surface area contributed by atoms with E-state index in [9.17, 15) is 0 Å².